The smallest absolute Gasteiger partial charge is 0.368 e. The predicted molar refractivity (Wildman–Crippen MR) is 61.2 cm³/mol. The number of primary amides is 1. The van der Waals surface area contributed by atoms with Crippen LogP contribution in [0.1, 0.15) is 18.4 Å². The quantitative estimate of drug-likeness (QED) is 0.873. The fourth-order valence-corrected chi connectivity index (χ4v) is 2.19. The summed E-state index contributed by atoms with van der Waals surface area (Å²) in [4.78, 5) is 24.4. The van der Waals surface area contributed by atoms with Crippen molar-refractivity contribution in [2.45, 2.75) is 31.6 Å². The first-order valence-electron chi connectivity index (χ1n) is 5.97. The summed E-state index contributed by atoms with van der Waals surface area (Å²) in [6.07, 6.45) is -1.96. The molecule has 2 rings (SSSR count). The van der Waals surface area contributed by atoms with Crippen LogP contribution in [0.25, 0.3) is 0 Å². The predicted octanol–water partition coefficient (Wildman–Crippen LogP) is 0.378. The van der Waals surface area contributed by atoms with E-state index in [4.69, 9.17) is 5.73 Å². The molecule has 1 saturated heterocycles. The SMILES string of the molecule is NC(=O)C1CCCN1C(=O)Cn1cc(C(F)(F)F)cn1. The third kappa shape index (κ3) is 2.91. The second-order valence-corrected chi connectivity index (χ2v) is 4.57. The maximum Gasteiger partial charge on any atom is 0.419 e. The van der Waals surface area contributed by atoms with Gasteiger partial charge in [0, 0.05) is 12.7 Å². The van der Waals surface area contributed by atoms with Gasteiger partial charge in [-0.1, -0.05) is 0 Å². The molecule has 2 amide bonds. The second kappa shape index (κ2) is 5.14. The van der Waals surface area contributed by atoms with Crippen molar-refractivity contribution in [3.8, 4) is 0 Å². The fourth-order valence-electron chi connectivity index (χ4n) is 2.19. The van der Waals surface area contributed by atoms with Crippen molar-refractivity contribution in [1.29, 1.82) is 0 Å². The molecule has 6 nitrogen and oxygen atoms in total. The van der Waals surface area contributed by atoms with E-state index in [1.165, 1.54) is 4.90 Å². The number of alkyl halides is 3. The van der Waals surface area contributed by atoms with Gasteiger partial charge in [-0.3, -0.25) is 14.3 Å². The summed E-state index contributed by atoms with van der Waals surface area (Å²) >= 11 is 0. The molecule has 0 saturated carbocycles. The Labute approximate surface area is 112 Å². The van der Waals surface area contributed by atoms with Crippen LogP contribution in [0.5, 0.6) is 0 Å². The van der Waals surface area contributed by atoms with Gasteiger partial charge < -0.3 is 10.6 Å². The molecule has 2 N–H and O–H groups in total. The largest absolute Gasteiger partial charge is 0.419 e. The van der Waals surface area contributed by atoms with Gasteiger partial charge in [0.25, 0.3) is 0 Å². The summed E-state index contributed by atoms with van der Waals surface area (Å²) in [6, 6.07) is -0.680. The Kier molecular flexibility index (Phi) is 3.69. The van der Waals surface area contributed by atoms with Crippen molar-refractivity contribution in [3.63, 3.8) is 0 Å². The lowest BCUT2D eigenvalue weighted by Crippen LogP contribution is -2.45. The molecule has 1 aliphatic rings. The van der Waals surface area contributed by atoms with Crippen molar-refractivity contribution in [2.24, 2.45) is 5.73 Å². The van der Waals surface area contributed by atoms with E-state index in [2.05, 4.69) is 5.10 Å². The number of aromatic nitrogens is 2. The third-order valence-corrected chi connectivity index (χ3v) is 3.16. The number of carbonyl (C=O) groups excluding carboxylic acids is 2. The van der Waals surface area contributed by atoms with E-state index in [1.54, 1.807) is 0 Å². The van der Waals surface area contributed by atoms with E-state index in [0.29, 0.717) is 25.6 Å². The van der Waals surface area contributed by atoms with Gasteiger partial charge in [-0.2, -0.15) is 18.3 Å². The van der Waals surface area contributed by atoms with Crippen LogP contribution in [0.4, 0.5) is 13.2 Å². The van der Waals surface area contributed by atoms with Crippen molar-refractivity contribution < 1.29 is 22.8 Å². The fraction of sp³-hybridized carbons (Fsp3) is 0.545. The molecule has 2 heterocycles. The minimum atomic E-state index is -4.50. The van der Waals surface area contributed by atoms with Crippen LogP contribution in [0.2, 0.25) is 0 Å². The zero-order valence-corrected chi connectivity index (χ0v) is 10.4. The number of hydrogen-bond donors (Lipinski definition) is 1. The Morgan fingerprint density at radius 1 is 1.45 bits per heavy atom. The first kappa shape index (κ1) is 14.4. The van der Waals surface area contributed by atoms with Crippen LogP contribution >= 0.6 is 0 Å². The summed E-state index contributed by atoms with van der Waals surface area (Å²) in [7, 11) is 0. The van der Waals surface area contributed by atoms with Gasteiger partial charge in [0.15, 0.2) is 0 Å². The van der Waals surface area contributed by atoms with Gasteiger partial charge in [-0.15, -0.1) is 0 Å². The molecule has 1 unspecified atom stereocenters. The summed E-state index contributed by atoms with van der Waals surface area (Å²) in [5, 5.41) is 3.50. The van der Waals surface area contributed by atoms with Gasteiger partial charge in [0.2, 0.25) is 11.8 Å². The molecule has 9 heteroatoms. The average molecular weight is 290 g/mol. The van der Waals surface area contributed by atoms with Crippen molar-refractivity contribution in [1.82, 2.24) is 14.7 Å². The van der Waals surface area contributed by atoms with E-state index < -0.39 is 29.6 Å². The lowest BCUT2D eigenvalue weighted by Gasteiger charge is -2.22. The van der Waals surface area contributed by atoms with Crippen LogP contribution in [0.15, 0.2) is 12.4 Å². The van der Waals surface area contributed by atoms with Crippen molar-refractivity contribution in [2.75, 3.05) is 6.54 Å². The molecule has 1 atom stereocenters. The highest BCUT2D eigenvalue weighted by Gasteiger charge is 2.34. The highest BCUT2D eigenvalue weighted by Crippen LogP contribution is 2.28. The van der Waals surface area contributed by atoms with E-state index >= 15 is 0 Å². The first-order valence-corrected chi connectivity index (χ1v) is 5.97. The number of hydrogen-bond acceptors (Lipinski definition) is 3. The highest BCUT2D eigenvalue weighted by atomic mass is 19.4. The zero-order chi connectivity index (χ0) is 14.9. The van der Waals surface area contributed by atoms with Gasteiger partial charge in [0.05, 0.1) is 11.8 Å². The van der Waals surface area contributed by atoms with Crippen LogP contribution < -0.4 is 5.73 Å². The molecule has 1 aliphatic heterocycles. The minimum absolute atomic E-state index is 0.347. The van der Waals surface area contributed by atoms with Crippen LogP contribution in [-0.2, 0) is 22.3 Å². The number of rotatable bonds is 3. The highest BCUT2D eigenvalue weighted by molar-refractivity contribution is 5.87. The molecule has 20 heavy (non-hydrogen) atoms. The van der Waals surface area contributed by atoms with E-state index in [-0.39, 0.29) is 6.54 Å². The molecule has 0 radical (unpaired) electrons. The molecule has 1 fully saturated rings. The van der Waals surface area contributed by atoms with E-state index in [1.807, 2.05) is 0 Å². The Balaban J connectivity index is 2.05. The normalized spacial score (nSPS) is 19.4. The molecule has 0 bridgehead atoms. The van der Waals surface area contributed by atoms with Crippen LogP contribution in [0, 0.1) is 0 Å². The number of likely N-dealkylation sites (tertiary alicyclic amines) is 1. The Bertz CT molecular complexity index is 526. The number of nitrogens with zero attached hydrogens (tertiary/aromatic N) is 3. The maximum atomic E-state index is 12.4. The zero-order valence-electron chi connectivity index (χ0n) is 10.4. The Hall–Kier alpha value is -2.06. The molecule has 0 aromatic carbocycles. The lowest BCUT2D eigenvalue weighted by molar-refractivity contribution is -0.139. The Morgan fingerprint density at radius 3 is 2.70 bits per heavy atom. The standard InChI is InChI=1S/C11H13F3N4O2/c12-11(13,14)7-4-16-17(5-7)6-9(19)18-3-1-2-8(18)10(15)20/h4-5,8H,1-3,6H2,(H2,15,20). The number of halogens is 3. The van der Waals surface area contributed by atoms with Crippen molar-refractivity contribution >= 4 is 11.8 Å². The third-order valence-electron chi connectivity index (χ3n) is 3.16. The second-order valence-electron chi connectivity index (χ2n) is 4.57. The van der Waals surface area contributed by atoms with Crippen LogP contribution in [-0.4, -0.2) is 39.1 Å². The topological polar surface area (TPSA) is 81.2 Å². The van der Waals surface area contributed by atoms with E-state index in [0.717, 1.165) is 10.9 Å². The summed E-state index contributed by atoms with van der Waals surface area (Å²) in [5.74, 6) is -1.07. The summed E-state index contributed by atoms with van der Waals surface area (Å²) in [5.41, 5.74) is 4.26. The Morgan fingerprint density at radius 2 is 2.15 bits per heavy atom. The first-order chi connectivity index (χ1) is 9.29. The molecule has 0 aliphatic carbocycles. The van der Waals surface area contributed by atoms with Gasteiger partial charge >= 0.3 is 6.18 Å². The molecule has 1 aromatic heterocycles. The van der Waals surface area contributed by atoms with Gasteiger partial charge in [-0.05, 0) is 12.8 Å². The lowest BCUT2D eigenvalue weighted by atomic mass is 10.2. The van der Waals surface area contributed by atoms with Gasteiger partial charge in [0.1, 0.15) is 12.6 Å². The molecule has 1 aromatic rings. The monoisotopic (exact) mass is 290 g/mol. The number of carbonyl (C=O) groups is 2. The number of amides is 2. The van der Waals surface area contributed by atoms with Crippen molar-refractivity contribution in [3.05, 3.63) is 18.0 Å². The van der Waals surface area contributed by atoms with E-state index in [9.17, 15) is 22.8 Å². The maximum absolute atomic E-state index is 12.4. The molecule has 110 valence electrons. The van der Waals surface area contributed by atoms with Gasteiger partial charge in [-0.25, -0.2) is 0 Å². The average Bonchev–Trinajstić information content (AvgIpc) is 2.95. The molecular formula is C11H13F3N4O2. The van der Waals surface area contributed by atoms with Crippen LogP contribution in [0.3, 0.4) is 0 Å². The molecular weight excluding hydrogens is 277 g/mol. The minimum Gasteiger partial charge on any atom is -0.368 e. The molecule has 0 spiro atoms. The summed E-state index contributed by atoms with van der Waals surface area (Å²) < 4.78 is 38.1. The number of nitrogens with two attached hydrogens (primary N) is 1. The summed E-state index contributed by atoms with van der Waals surface area (Å²) in [6.45, 7) is 0.0275.